The summed E-state index contributed by atoms with van der Waals surface area (Å²) in [4.78, 5) is 4.51. The van der Waals surface area contributed by atoms with Crippen LogP contribution in [0.25, 0.3) is 11.3 Å². The van der Waals surface area contributed by atoms with Crippen molar-refractivity contribution in [2.75, 3.05) is 0 Å². The van der Waals surface area contributed by atoms with Gasteiger partial charge in [0.2, 0.25) is 0 Å². The van der Waals surface area contributed by atoms with Crippen LogP contribution in [0.4, 0.5) is 4.39 Å². The number of aryl methyl sites for hydroxylation is 1. The zero-order chi connectivity index (χ0) is 12.9. The van der Waals surface area contributed by atoms with E-state index in [-0.39, 0.29) is 11.2 Å². The molecule has 1 aromatic carbocycles. The molecular formula is C16H16FN. The summed E-state index contributed by atoms with van der Waals surface area (Å²) in [6.45, 7) is 6.45. The third-order valence-corrected chi connectivity index (χ3v) is 3.95. The van der Waals surface area contributed by atoms with E-state index in [9.17, 15) is 4.39 Å². The van der Waals surface area contributed by atoms with Crippen molar-refractivity contribution in [3.8, 4) is 11.3 Å². The molecule has 0 atom stereocenters. The first kappa shape index (κ1) is 11.4. The Labute approximate surface area is 107 Å². The molecule has 0 fully saturated rings. The molecule has 0 saturated heterocycles. The predicted octanol–water partition coefficient (Wildman–Crippen LogP) is 4.09. The van der Waals surface area contributed by atoms with Gasteiger partial charge in [-0.1, -0.05) is 20.8 Å². The highest BCUT2D eigenvalue weighted by atomic mass is 19.1. The maximum atomic E-state index is 13.5. The molecule has 1 nitrogen and oxygen atoms in total. The van der Waals surface area contributed by atoms with Crippen molar-refractivity contribution in [3.05, 3.63) is 53.0 Å². The molecule has 0 bridgehead atoms. The van der Waals surface area contributed by atoms with Gasteiger partial charge >= 0.3 is 0 Å². The Balaban J connectivity index is 2.38. The van der Waals surface area contributed by atoms with E-state index in [1.165, 1.54) is 17.2 Å². The number of pyridine rings is 1. The summed E-state index contributed by atoms with van der Waals surface area (Å²) in [7, 11) is 0. The van der Waals surface area contributed by atoms with Gasteiger partial charge in [0.15, 0.2) is 0 Å². The quantitative estimate of drug-likeness (QED) is 0.732. The van der Waals surface area contributed by atoms with Crippen molar-refractivity contribution in [1.29, 1.82) is 0 Å². The first-order valence-electron chi connectivity index (χ1n) is 6.34. The molecule has 2 heteroatoms. The number of fused-ring (bicyclic) bond motifs is 3. The van der Waals surface area contributed by atoms with Crippen molar-refractivity contribution >= 4 is 0 Å². The summed E-state index contributed by atoms with van der Waals surface area (Å²) in [5.74, 6) is -0.173. The average Bonchev–Trinajstić information content (AvgIpc) is 2.59. The number of nitrogens with zero attached hydrogens (tertiary/aromatic N) is 1. The van der Waals surface area contributed by atoms with Crippen LogP contribution >= 0.6 is 0 Å². The second kappa shape index (κ2) is 3.64. The van der Waals surface area contributed by atoms with E-state index >= 15 is 0 Å². The van der Waals surface area contributed by atoms with Gasteiger partial charge in [-0.3, -0.25) is 4.98 Å². The van der Waals surface area contributed by atoms with Gasteiger partial charge in [0.25, 0.3) is 0 Å². The molecule has 0 radical (unpaired) electrons. The van der Waals surface area contributed by atoms with Gasteiger partial charge < -0.3 is 0 Å². The molecule has 1 aromatic heterocycles. The normalized spacial score (nSPS) is 15.3. The van der Waals surface area contributed by atoms with Gasteiger partial charge in [-0.25, -0.2) is 4.39 Å². The number of rotatable bonds is 1. The lowest BCUT2D eigenvalue weighted by Gasteiger charge is -2.23. The summed E-state index contributed by atoms with van der Waals surface area (Å²) >= 11 is 0. The Morgan fingerprint density at radius 2 is 2.00 bits per heavy atom. The summed E-state index contributed by atoms with van der Waals surface area (Å²) in [6, 6.07) is 7.09. The van der Waals surface area contributed by atoms with E-state index in [1.807, 2.05) is 12.3 Å². The fourth-order valence-corrected chi connectivity index (χ4v) is 3.07. The molecule has 0 unspecified atom stereocenters. The zero-order valence-electron chi connectivity index (χ0n) is 10.9. The van der Waals surface area contributed by atoms with Gasteiger partial charge in [-0.15, -0.1) is 0 Å². The van der Waals surface area contributed by atoms with Crippen molar-refractivity contribution in [2.24, 2.45) is 0 Å². The highest BCUT2D eigenvalue weighted by Crippen LogP contribution is 2.49. The molecule has 0 N–H and O–H groups in total. The molecule has 0 saturated carbocycles. The first-order valence-corrected chi connectivity index (χ1v) is 6.34. The molecule has 2 aromatic rings. The van der Waals surface area contributed by atoms with E-state index in [0.717, 1.165) is 23.2 Å². The van der Waals surface area contributed by atoms with Crippen LogP contribution in [0.3, 0.4) is 0 Å². The van der Waals surface area contributed by atoms with Gasteiger partial charge in [-0.05, 0) is 47.4 Å². The van der Waals surface area contributed by atoms with Crippen LogP contribution in [-0.4, -0.2) is 4.98 Å². The number of benzene rings is 1. The van der Waals surface area contributed by atoms with Crippen LogP contribution in [-0.2, 0) is 11.8 Å². The van der Waals surface area contributed by atoms with Crippen LogP contribution in [0.15, 0.2) is 30.5 Å². The van der Waals surface area contributed by atoms with Gasteiger partial charge in [-0.2, -0.15) is 0 Å². The Morgan fingerprint density at radius 1 is 1.22 bits per heavy atom. The summed E-state index contributed by atoms with van der Waals surface area (Å²) in [6.07, 6.45) is 2.83. The lowest BCUT2D eigenvalue weighted by atomic mass is 9.80. The third-order valence-electron chi connectivity index (χ3n) is 3.95. The monoisotopic (exact) mass is 241 g/mol. The van der Waals surface area contributed by atoms with Crippen molar-refractivity contribution < 1.29 is 4.39 Å². The predicted molar refractivity (Wildman–Crippen MR) is 71.1 cm³/mol. The molecule has 1 heterocycles. The Hall–Kier alpha value is -1.70. The first-order chi connectivity index (χ1) is 8.55. The lowest BCUT2D eigenvalue weighted by Crippen LogP contribution is -2.17. The lowest BCUT2D eigenvalue weighted by molar-refractivity contribution is 0.607. The third kappa shape index (κ3) is 1.35. The molecule has 18 heavy (non-hydrogen) atoms. The summed E-state index contributed by atoms with van der Waals surface area (Å²) in [5, 5.41) is 0. The molecule has 0 aliphatic heterocycles. The summed E-state index contributed by atoms with van der Waals surface area (Å²) in [5.41, 5.74) is 5.55. The SMILES string of the molecule is CCc1ccnc2c1C(C)(C)c1cc(F)ccc1-2. The number of aromatic nitrogens is 1. The molecular weight excluding hydrogens is 225 g/mol. The second-order valence-corrected chi connectivity index (χ2v) is 5.36. The van der Waals surface area contributed by atoms with Gasteiger partial charge in [0.05, 0.1) is 5.69 Å². The fraction of sp³-hybridized carbons (Fsp3) is 0.312. The van der Waals surface area contributed by atoms with E-state index < -0.39 is 0 Å². The molecule has 0 spiro atoms. The molecule has 0 amide bonds. The smallest absolute Gasteiger partial charge is 0.123 e. The Bertz CT molecular complexity index is 629. The standard InChI is InChI=1S/C16H16FN/c1-4-10-7-8-18-15-12-6-5-11(17)9-13(12)16(2,3)14(10)15/h5-9H,4H2,1-3H3. The van der Waals surface area contributed by atoms with E-state index in [2.05, 4.69) is 31.8 Å². The van der Waals surface area contributed by atoms with Crippen molar-refractivity contribution in [3.63, 3.8) is 0 Å². The maximum absolute atomic E-state index is 13.5. The van der Waals surface area contributed by atoms with Crippen LogP contribution in [0, 0.1) is 5.82 Å². The zero-order valence-corrected chi connectivity index (χ0v) is 10.9. The average molecular weight is 241 g/mol. The minimum atomic E-state index is -0.173. The molecule has 1 aliphatic carbocycles. The van der Waals surface area contributed by atoms with E-state index in [4.69, 9.17) is 0 Å². The Kier molecular flexibility index (Phi) is 2.31. The number of halogens is 1. The second-order valence-electron chi connectivity index (χ2n) is 5.36. The highest BCUT2D eigenvalue weighted by Gasteiger charge is 2.38. The molecule has 92 valence electrons. The van der Waals surface area contributed by atoms with E-state index in [1.54, 1.807) is 6.07 Å². The van der Waals surface area contributed by atoms with Crippen LogP contribution < -0.4 is 0 Å². The number of hydrogen-bond donors (Lipinski definition) is 0. The molecule has 3 rings (SSSR count). The molecule has 1 aliphatic rings. The Morgan fingerprint density at radius 3 is 2.72 bits per heavy atom. The van der Waals surface area contributed by atoms with E-state index in [0.29, 0.717) is 0 Å². The topological polar surface area (TPSA) is 12.9 Å². The fourth-order valence-electron chi connectivity index (χ4n) is 3.07. The van der Waals surface area contributed by atoms with Crippen LogP contribution in [0.2, 0.25) is 0 Å². The largest absolute Gasteiger partial charge is 0.256 e. The minimum Gasteiger partial charge on any atom is -0.256 e. The van der Waals surface area contributed by atoms with Gasteiger partial charge in [0.1, 0.15) is 5.82 Å². The highest BCUT2D eigenvalue weighted by molar-refractivity contribution is 5.78. The minimum absolute atomic E-state index is 0.160. The van der Waals surface area contributed by atoms with Gasteiger partial charge in [0, 0.05) is 17.2 Å². The number of hydrogen-bond acceptors (Lipinski definition) is 1. The van der Waals surface area contributed by atoms with Crippen LogP contribution in [0.1, 0.15) is 37.5 Å². The summed E-state index contributed by atoms with van der Waals surface area (Å²) < 4.78 is 13.5. The van der Waals surface area contributed by atoms with Crippen LogP contribution in [0.5, 0.6) is 0 Å². The van der Waals surface area contributed by atoms with Crippen molar-refractivity contribution in [1.82, 2.24) is 4.98 Å². The van der Waals surface area contributed by atoms with Crippen molar-refractivity contribution in [2.45, 2.75) is 32.6 Å². The maximum Gasteiger partial charge on any atom is 0.123 e.